The highest BCUT2D eigenvalue weighted by Gasteiger charge is 2.25. The molecule has 1 heterocycles. The third-order valence-corrected chi connectivity index (χ3v) is 4.97. The Labute approximate surface area is 120 Å². The van der Waals surface area contributed by atoms with E-state index >= 15 is 0 Å². The lowest BCUT2D eigenvalue weighted by Gasteiger charge is -2.33. The monoisotopic (exact) mass is 296 g/mol. The topological polar surface area (TPSA) is 57.7 Å². The standard InChI is InChI=1S/C14H20N2O3S/c1-12-5-3-4-6-13(12)11-14(17)15-7-9-16(10-8-15)20(2,18)19/h3-6H,7-11H2,1-2H3. The van der Waals surface area contributed by atoms with Crippen LogP contribution in [0.3, 0.4) is 0 Å². The van der Waals surface area contributed by atoms with Crippen molar-refractivity contribution in [1.29, 1.82) is 0 Å². The van der Waals surface area contributed by atoms with E-state index in [0.717, 1.165) is 11.1 Å². The van der Waals surface area contributed by atoms with Gasteiger partial charge in [0.05, 0.1) is 12.7 Å². The molecule has 0 radical (unpaired) electrons. The zero-order chi connectivity index (χ0) is 14.8. The van der Waals surface area contributed by atoms with E-state index < -0.39 is 10.0 Å². The molecule has 0 saturated carbocycles. The van der Waals surface area contributed by atoms with Crippen LogP contribution in [-0.4, -0.2) is 56.0 Å². The van der Waals surface area contributed by atoms with Gasteiger partial charge in [-0.15, -0.1) is 0 Å². The fourth-order valence-corrected chi connectivity index (χ4v) is 3.18. The number of sulfonamides is 1. The number of hydrogen-bond acceptors (Lipinski definition) is 3. The minimum absolute atomic E-state index is 0.0625. The van der Waals surface area contributed by atoms with Gasteiger partial charge in [-0.1, -0.05) is 24.3 Å². The number of aryl methyl sites for hydroxylation is 1. The van der Waals surface area contributed by atoms with Crippen LogP contribution < -0.4 is 0 Å². The van der Waals surface area contributed by atoms with Crippen molar-refractivity contribution in [3.05, 3.63) is 35.4 Å². The van der Waals surface area contributed by atoms with Gasteiger partial charge >= 0.3 is 0 Å². The Balaban J connectivity index is 1.94. The summed E-state index contributed by atoms with van der Waals surface area (Å²) in [6.45, 7) is 3.70. The molecule has 6 heteroatoms. The number of rotatable bonds is 3. The van der Waals surface area contributed by atoms with Gasteiger partial charge < -0.3 is 4.90 Å². The lowest BCUT2D eigenvalue weighted by atomic mass is 10.1. The van der Waals surface area contributed by atoms with Crippen molar-refractivity contribution in [3.8, 4) is 0 Å². The quantitative estimate of drug-likeness (QED) is 0.822. The molecular weight excluding hydrogens is 276 g/mol. The molecule has 0 aromatic heterocycles. The van der Waals surface area contributed by atoms with Crippen molar-refractivity contribution < 1.29 is 13.2 Å². The van der Waals surface area contributed by atoms with Crippen LogP contribution in [0.15, 0.2) is 24.3 Å². The van der Waals surface area contributed by atoms with E-state index in [2.05, 4.69) is 0 Å². The minimum atomic E-state index is -3.15. The summed E-state index contributed by atoms with van der Waals surface area (Å²) in [4.78, 5) is 14.0. The second-order valence-electron chi connectivity index (χ2n) is 5.15. The lowest BCUT2D eigenvalue weighted by molar-refractivity contribution is -0.131. The summed E-state index contributed by atoms with van der Waals surface area (Å²) in [6, 6.07) is 7.83. The van der Waals surface area contributed by atoms with Crippen LogP contribution in [0.2, 0.25) is 0 Å². The molecule has 0 N–H and O–H groups in total. The van der Waals surface area contributed by atoms with Gasteiger partial charge in [0.25, 0.3) is 0 Å². The van der Waals surface area contributed by atoms with Crippen LogP contribution >= 0.6 is 0 Å². The number of amides is 1. The molecule has 0 unspecified atom stereocenters. The molecule has 0 bridgehead atoms. The molecule has 1 aromatic carbocycles. The van der Waals surface area contributed by atoms with Crippen LogP contribution in [0.4, 0.5) is 0 Å². The van der Waals surface area contributed by atoms with Crippen LogP contribution in [0.1, 0.15) is 11.1 Å². The van der Waals surface area contributed by atoms with Gasteiger partial charge in [0, 0.05) is 26.2 Å². The Kier molecular flexibility index (Phi) is 4.45. The summed E-state index contributed by atoms with van der Waals surface area (Å²) in [5.74, 6) is 0.0625. The number of nitrogens with zero attached hydrogens (tertiary/aromatic N) is 2. The molecule has 20 heavy (non-hydrogen) atoms. The van der Waals surface area contributed by atoms with Gasteiger partial charge in [0.2, 0.25) is 15.9 Å². The van der Waals surface area contributed by atoms with Gasteiger partial charge in [-0.05, 0) is 18.1 Å². The molecule has 110 valence electrons. The van der Waals surface area contributed by atoms with E-state index in [-0.39, 0.29) is 5.91 Å². The second-order valence-corrected chi connectivity index (χ2v) is 7.13. The Morgan fingerprint density at radius 2 is 1.75 bits per heavy atom. The van der Waals surface area contributed by atoms with Gasteiger partial charge in [-0.2, -0.15) is 4.31 Å². The number of benzene rings is 1. The number of carbonyl (C=O) groups excluding carboxylic acids is 1. The highest BCUT2D eigenvalue weighted by molar-refractivity contribution is 7.88. The van der Waals surface area contributed by atoms with Crippen LogP contribution in [0.25, 0.3) is 0 Å². The predicted octanol–water partition coefficient (Wildman–Crippen LogP) is 0.641. The second kappa shape index (κ2) is 5.93. The maximum Gasteiger partial charge on any atom is 0.227 e. The van der Waals surface area contributed by atoms with Crippen molar-refractivity contribution in [2.24, 2.45) is 0 Å². The predicted molar refractivity (Wildman–Crippen MR) is 77.9 cm³/mol. The van der Waals surface area contributed by atoms with Gasteiger partial charge in [-0.25, -0.2) is 8.42 Å². The molecule has 1 amide bonds. The van der Waals surface area contributed by atoms with Crippen molar-refractivity contribution in [1.82, 2.24) is 9.21 Å². The third-order valence-electron chi connectivity index (χ3n) is 3.66. The fourth-order valence-electron chi connectivity index (χ4n) is 2.35. The van der Waals surface area contributed by atoms with E-state index in [1.807, 2.05) is 31.2 Å². The molecule has 1 aliphatic heterocycles. The van der Waals surface area contributed by atoms with Crippen molar-refractivity contribution in [3.63, 3.8) is 0 Å². The highest BCUT2D eigenvalue weighted by atomic mass is 32.2. The summed E-state index contributed by atoms with van der Waals surface area (Å²) in [5, 5.41) is 0. The molecule has 1 fully saturated rings. The Morgan fingerprint density at radius 1 is 1.15 bits per heavy atom. The van der Waals surface area contributed by atoms with E-state index in [9.17, 15) is 13.2 Å². The van der Waals surface area contributed by atoms with E-state index in [1.54, 1.807) is 4.90 Å². The first kappa shape index (κ1) is 15.0. The van der Waals surface area contributed by atoms with Crippen molar-refractivity contribution in [2.45, 2.75) is 13.3 Å². The number of hydrogen-bond donors (Lipinski definition) is 0. The maximum absolute atomic E-state index is 12.2. The number of piperazine rings is 1. The van der Waals surface area contributed by atoms with Crippen molar-refractivity contribution >= 4 is 15.9 Å². The first-order chi connectivity index (χ1) is 9.38. The zero-order valence-corrected chi connectivity index (χ0v) is 12.7. The Morgan fingerprint density at radius 3 is 2.30 bits per heavy atom. The molecule has 2 rings (SSSR count). The van der Waals surface area contributed by atoms with Crippen LogP contribution in [0.5, 0.6) is 0 Å². The molecule has 0 spiro atoms. The number of carbonyl (C=O) groups is 1. The fraction of sp³-hybridized carbons (Fsp3) is 0.500. The summed E-state index contributed by atoms with van der Waals surface area (Å²) >= 11 is 0. The minimum Gasteiger partial charge on any atom is -0.340 e. The first-order valence-electron chi connectivity index (χ1n) is 6.65. The normalized spacial score (nSPS) is 17.2. The highest BCUT2D eigenvalue weighted by Crippen LogP contribution is 2.12. The third kappa shape index (κ3) is 3.58. The Hall–Kier alpha value is -1.40. The largest absolute Gasteiger partial charge is 0.340 e. The average Bonchev–Trinajstić information content (AvgIpc) is 2.40. The zero-order valence-electron chi connectivity index (χ0n) is 11.9. The van der Waals surface area contributed by atoms with Gasteiger partial charge in [0.15, 0.2) is 0 Å². The van der Waals surface area contributed by atoms with Gasteiger partial charge in [-0.3, -0.25) is 4.79 Å². The summed E-state index contributed by atoms with van der Waals surface area (Å²) in [5.41, 5.74) is 2.14. The molecule has 0 atom stereocenters. The first-order valence-corrected chi connectivity index (χ1v) is 8.50. The van der Waals surface area contributed by atoms with Gasteiger partial charge in [0.1, 0.15) is 0 Å². The summed E-state index contributed by atoms with van der Waals surface area (Å²) < 4.78 is 24.3. The smallest absolute Gasteiger partial charge is 0.227 e. The van der Waals surface area contributed by atoms with Crippen LogP contribution in [0, 0.1) is 6.92 Å². The van der Waals surface area contributed by atoms with E-state index in [1.165, 1.54) is 10.6 Å². The molecule has 1 aromatic rings. The molecule has 1 aliphatic rings. The van der Waals surface area contributed by atoms with E-state index in [4.69, 9.17) is 0 Å². The summed E-state index contributed by atoms with van der Waals surface area (Å²) in [6.07, 6.45) is 1.59. The maximum atomic E-state index is 12.2. The summed E-state index contributed by atoms with van der Waals surface area (Å²) in [7, 11) is -3.15. The lowest BCUT2D eigenvalue weighted by Crippen LogP contribution is -2.50. The Bertz CT molecular complexity index is 590. The SMILES string of the molecule is Cc1ccccc1CC(=O)N1CCN(S(C)(=O)=O)CC1. The van der Waals surface area contributed by atoms with Crippen molar-refractivity contribution in [2.75, 3.05) is 32.4 Å². The van der Waals surface area contributed by atoms with Crippen LogP contribution in [-0.2, 0) is 21.2 Å². The molecule has 1 saturated heterocycles. The van der Waals surface area contributed by atoms with E-state index in [0.29, 0.717) is 32.6 Å². The molecule has 0 aliphatic carbocycles. The average molecular weight is 296 g/mol. The molecular formula is C14H20N2O3S. The molecule has 5 nitrogen and oxygen atoms in total.